The van der Waals surface area contributed by atoms with Crippen LogP contribution in [0.25, 0.3) is 0 Å². The zero-order chi connectivity index (χ0) is 17.7. The first-order valence-electron chi connectivity index (χ1n) is 7.17. The van der Waals surface area contributed by atoms with Crippen LogP contribution >= 0.6 is 0 Å². The van der Waals surface area contributed by atoms with Crippen molar-refractivity contribution in [3.05, 3.63) is 0 Å². The van der Waals surface area contributed by atoms with Crippen LogP contribution in [0.1, 0.15) is 32.6 Å². The third-order valence-corrected chi connectivity index (χ3v) is 3.52. The molecule has 2 rings (SSSR count). The predicted octanol–water partition coefficient (Wildman–Crippen LogP) is 0.157. The minimum absolute atomic E-state index is 0.00500. The van der Waals surface area contributed by atoms with Crippen molar-refractivity contribution in [3.63, 3.8) is 0 Å². The van der Waals surface area contributed by atoms with Crippen LogP contribution in [-0.4, -0.2) is 53.7 Å². The van der Waals surface area contributed by atoms with E-state index in [0.29, 0.717) is 0 Å². The van der Waals surface area contributed by atoms with E-state index in [0.717, 1.165) is 38.8 Å². The average Bonchev–Trinajstić information content (AvgIpc) is 3.19. The molecule has 0 radical (unpaired) electrons. The molecule has 4 N–H and O–H groups in total. The molecule has 0 unspecified atom stereocenters. The number of carbonyl (C=O) groups excluding carboxylic acids is 2. The fraction of sp³-hybridized carbons (Fsp3) is 0.769. The van der Waals surface area contributed by atoms with Crippen LogP contribution in [0.15, 0.2) is 0 Å². The molecule has 7 nitrogen and oxygen atoms in total. The number of hydrogen-bond donors (Lipinski definition) is 4. The summed E-state index contributed by atoms with van der Waals surface area (Å²) in [5.41, 5.74) is -0.587. The Balaban J connectivity index is 0.000000322. The topological polar surface area (TPSA) is 108 Å². The third kappa shape index (κ3) is 6.43. The van der Waals surface area contributed by atoms with Gasteiger partial charge in [0.2, 0.25) is 11.8 Å². The van der Waals surface area contributed by atoms with Gasteiger partial charge in [-0.2, -0.15) is 13.2 Å². The number of halogens is 3. The normalized spacial score (nSPS) is 19.8. The maximum atomic E-state index is 12.0. The minimum atomic E-state index is -5.08. The van der Waals surface area contributed by atoms with Crippen LogP contribution in [0.5, 0.6) is 0 Å². The van der Waals surface area contributed by atoms with Crippen molar-refractivity contribution in [3.8, 4) is 0 Å². The first kappa shape index (κ1) is 19.2. The van der Waals surface area contributed by atoms with E-state index in [2.05, 4.69) is 16.0 Å². The number of hydrogen-bond acceptors (Lipinski definition) is 4. The fourth-order valence-corrected chi connectivity index (χ4v) is 2.16. The lowest BCUT2D eigenvalue weighted by Gasteiger charge is -2.26. The van der Waals surface area contributed by atoms with Crippen molar-refractivity contribution < 1.29 is 32.7 Å². The first-order chi connectivity index (χ1) is 10.6. The van der Waals surface area contributed by atoms with E-state index in [4.69, 9.17) is 9.90 Å². The highest BCUT2D eigenvalue weighted by Gasteiger charge is 2.51. The van der Waals surface area contributed by atoms with Gasteiger partial charge in [-0.15, -0.1) is 0 Å². The molecule has 0 atom stereocenters. The molecule has 0 aromatic rings. The number of rotatable bonds is 3. The van der Waals surface area contributed by atoms with E-state index in [-0.39, 0.29) is 17.9 Å². The Kier molecular flexibility index (Phi) is 6.37. The SMILES string of the molecule is CC(=O)NC1(C(=O)NC2CCNCC2)CC1.O=C(O)C(F)(F)F. The van der Waals surface area contributed by atoms with Gasteiger partial charge in [-0.1, -0.05) is 0 Å². The Hall–Kier alpha value is -1.84. The summed E-state index contributed by atoms with van der Waals surface area (Å²) in [5.74, 6) is -2.89. The molecule has 0 aromatic carbocycles. The molecular weight excluding hydrogens is 319 g/mol. The Morgan fingerprint density at radius 3 is 2.00 bits per heavy atom. The maximum Gasteiger partial charge on any atom is 0.490 e. The standard InChI is InChI=1S/C11H19N3O2.C2HF3O2/c1-8(15)14-11(4-5-11)10(16)13-9-2-6-12-7-3-9;3-2(4,5)1(6)7/h9,12H,2-7H2,1H3,(H,13,16)(H,14,15);(H,6,7). The van der Waals surface area contributed by atoms with Crippen molar-refractivity contribution in [1.82, 2.24) is 16.0 Å². The Morgan fingerprint density at radius 2 is 1.65 bits per heavy atom. The van der Waals surface area contributed by atoms with Crippen LogP contribution < -0.4 is 16.0 Å². The monoisotopic (exact) mass is 339 g/mol. The van der Waals surface area contributed by atoms with Crippen molar-refractivity contribution >= 4 is 17.8 Å². The fourth-order valence-electron chi connectivity index (χ4n) is 2.16. The summed E-state index contributed by atoms with van der Waals surface area (Å²) >= 11 is 0. The van der Waals surface area contributed by atoms with Gasteiger partial charge in [-0.3, -0.25) is 9.59 Å². The second-order valence-corrected chi connectivity index (χ2v) is 5.56. The zero-order valence-electron chi connectivity index (χ0n) is 12.6. The molecule has 0 spiro atoms. The lowest BCUT2D eigenvalue weighted by atomic mass is 10.1. The Morgan fingerprint density at radius 1 is 1.17 bits per heavy atom. The summed E-state index contributed by atoms with van der Waals surface area (Å²) in [7, 11) is 0. The zero-order valence-corrected chi connectivity index (χ0v) is 12.6. The van der Waals surface area contributed by atoms with Crippen LogP contribution in [0.3, 0.4) is 0 Å². The molecule has 1 saturated carbocycles. The molecule has 10 heteroatoms. The van der Waals surface area contributed by atoms with Crippen molar-refractivity contribution in [1.29, 1.82) is 0 Å². The third-order valence-electron chi connectivity index (χ3n) is 3.52. The number of carboxylic acids is 1. The van der Waals surface area contributed by atoms with Crippen LogP contribution in [0.2, 0.25) is 0 Å². The maximum absolute atomic E-state index is 12.0. The summed E-state index contributed by atoms with van der Waals surface area (Å²) in [6, 6.07) is 0.264. The van der Waals surface area contributed by atoms with Gasteiger partial charge in [0.25, 0.3) is 0 Å². The molecule has 1 aliphatic heterocycles. The molecule has 0 bridgehead atoms. The second-order valence-electron chi connectivity index (χ2n) is 5.56. The Bertz CT molecular complexity index is 458. The van der Waals surface area contributed by atoms with Gasteiger partial charge < -0.3 is 21.1 Å². The molecule has 132 valence electrons. The highest BCUT2D eigenvalue weighted by molar-refractivity contribution is 5.93. The molecule has 0 aromatic heterocycles. The number of alkyl halides is 3. The second kappa shape index (κ2) is 7.62. The number of nitrogens with one attached hydrogen (secondary N) is 3. The predicted molar refractivity (Wildman–Crippen MR) is 73.5 cm³/mol. The largest absolute Gasteiger partial charge is 0.490 e. The lowest BCUT2D eigenvalue weighted by Crippen LogP contribution is -2.53. The molecule has 2 fully saturated rings. The number of amides is 2. The van der Waals surface area contributed by atoms with Gasteiger partial charge in [-0.05, 0) is 38.8 Å². The molecule has 1 saturated heterocycles. The van der Waals surface area contributed by atoms with Crippen LogP contribution in [0, 0.1) is 0 Å². The summed E-state index contributed by atoms with van der Waals surface area (Å²) in [4.78, 5) is 31.9. The smallest absolute Gasteiger partial charge is 0.475 e. The van der Waals surface area contributed by atoms with E-state index in [1.807, 2.05) is 0 Å². The van der Waals surface area contributed by atoms with Crippen LogP contribution in [0.4, 0.5) is 13.2 Å². The summed E-state index contributed by atoms with van der Waals surface area (Å²) in [6.45, 7) is 3.37. The van der Waals surface area contributed by atoms with Crippen molar-refractivity contribution in [2.24, 2.45) is 0 Å². The average molecular weight is 339 g/mol. The van der Waals surface area contributed by atoms with Gasteiger partial charge in [0.1, 0.15) is 5.54 Å². The number of piperidine rings is 1. The van der Waals surface area contributed by atoms with Gasteiger partial charge in [-0.25, -0.2) is 4.79 Å². The first-order valence-corrected chi connectivity index (χ1v) is 7.17. The molecular formula is C13H20F3N3O4. The molecule has 1 heterocycles. The summed E-state index contributed by atoms with van der Waals surface area (Å²) in [5, 5.41) is 16.2. The quantitative estimate of drug-likeness (QED) is 0.586. The van der Waals surface area contributed by atoms with Gasteiger partial charge in [0, 0.05) is 13.0 Å². The molecule has 2 amide bonds. The van der Waals surface area contributed by atoms with E-state index in [1.54, 1.807) is 0 Å². The number of carboxylic acid groups (broad SMARTS) is 1. The van der Waals surface area contributed by atoms with E-state index in [9.17, 15) is 22.8 Å². The highest BCUT2D eigenvalue weighted by Crippen LogP contribution is 2.35. The van der Waals surface area contributed by atoms with Crippen molar-refractivity contribution in [2.75, 3.05) is 13.1 Å². The van der Waals surface area contributed by atoms with E-state index >= 15 is 0 Å². The minimum Gasteiger partial charge on any atom is -0.475 e. The molecule has 23 heavy (non-hydrogen) atoms. The lowest BCUT2D eigenvalue weighted by molar-refractivity contribution is -0.192. The number of aliphatic carboxylic acids is 1. The van der Waals surface area contributed by atoms with Crippen LogP contribution in [-0.2, 0) is 14.4 Å². The van der Waals surface area contributed by atoms with Gasteiger partial charge in [0.05, 0.1) is 0 Å². The van der Waals surface area contributed by atoms with E-state index in [1.165, 1.54) is 6.92 Å². The van der Waals surface area contributed by atoms with Crippen molar-refractivity contribution in [2.45, 2.75) is 50.4 Å². The highest BCUT2D eigenvalue weighted by atomic mass is 19.4. The van der Waals surface area contributed by atoms with Gasteiger partial charge >= 0.3 is 12.1 Å². The molecule has 2 aliphatic rings. The van der Waals surface area contributed by atoms with Gasteiger partial charge in [0.15, 0.2) is 0 Å². The summed E-state index contributed by atoms with van der Waals surface area (Å²) in [6.07, 6.45) is -1.60. The molecule has 1 aliphatic carbocycles. The Labute approximate surface area is 131 Å². The number of carbonyl (C=O) groups is 3. The van der Waals surface area contributed by atoms with E-state index < -0.39 is 17.7 Å². The summed E-state index contributed by atoms with van der Waals surface area (Å²) < 4.78 is 31.7.